The first-order chi connectivity index (χ1) is 16.3. The monoisotopic (exact) mass is 551 g/mol. The van der Waals surface area contributed by atoms with Crippen molar-refractivity contribution >= 4 is 46.5 Å². The molecule has 0 aliphatic carbocycles. The maximum absolute atomic E-state index is 12.9. The molecule has 0 aromatic heterocycles. The van der Waals surface area contributed by atoms with E-state index in [1.807, 2.05) is 24.0 Å². The van der Waals surface area contributed by atoms with Gasteiger partial charge >= 0.3 is 12.1 Å². The lowest BCUT2D eigenvalue weighted by molar-refractivity contribution is -0.144. The van der Waals surface area contributed by atoms with Gasteiger partial charge in [0.1, 0.15) is 11.9 Å². The van der Waals surface area contributed by atoms with Crippen molar-refractivity contribution in [2.75, 3.05) is 33.4 Å². The number of likely N-dealkylation sites (tertiary alicyclic amines) is 1. The highest BCUT2D eigenvalue weighted by Gasteiger charge is 2.46. The van der Waals surface area contributed by atoms with Crippen molar-refractivity contribution < 1.29 is 23.9 Å². The topological polar surface area (TPSA) is 147 Å². The molecule has 1 aromatic rings. The molecule has 2 aliphatic rings. The number of amidine groups is 1. The van der Waals surface area contributed by atoms with Crippen LogP contribution in [0.5, 0.6) is 0 Å². The van der Waals surface area contributed by atoms with E-state index < -0.39 is 23.5 Å². The zero-order chi connectivity index (χ0) is 24.7. The van der Waals surface area contributed by atoms with Gasteiger partial charge in [-0.15, -0.1) is 17.0 Å². The molecule has 2 heterocycles. The van der Waals surface area contributed by atoms with Crippen LogP contribution in [0.15, 0.2) is 29.3 Å². The number of esters is 1. The maximum Gasteiger partial charge on any atom is 0.407 e. The number of carbonyl (C=O) groups is 3. The first-order valence-corrected chi connectivity index (χ1v) is 11.6. The van der Waals surface area contributed by atoms with E-state index in [1.54, 1.807) is 12.1 Å². The fourth-order valence-corrected chi connectivity index (χ4v) is 4.31. The van der Waals surface area contributed by atoms with E-state index in [1.165, 1.54) is 7.11 Å². The van der Waals surface area contributed by atoms with Crippen LogP contribution < -0.4 is 11.1 Å². The Kier molecular flexibility index (Phi) is 10.4. The summed E-state index contributed by atoms with van der Waals surface area (Å²) in [7, 11) is 1.28. The second-order valence-electron chi connectivity index (χ2n) is 8.82. The zero-order valence-corrected chi connectivity index (χ0v) is 21.9. The second kappa shape index (κ2) is 12.8. The van der Waals surface area contributed by atoms with Gasteiger partial charge in [0.25, 0.3) is 5.91 Å². The number of piperidine rings is 1. The van der Waals surface area contributed by atoms with Crippen molar-refractivity contribution in [1.29, 1.82) is 5.41 Å². The molecule has 0 bridgehead atoms. The number of nitrogen functional groups attached to an aromatic ring is 1. The van der Waals surface area contributed by atoms with Crippen LogP contribution in [0.25, 0.3) is 0 Å². The summed E-state index contributed by atoms with van der Waals surface area (Å²) < 4.78 is 9.95. The molecule has 1 fully saturated rings. The van der Waals surface area contributed by atoms with E-state index in [-0.39, 0.29) is 35.3 Å². The summed E-state index contributed by atoms with van der Waals surface area (Å²) in [6.07, 6.45) is 2.79. The number of methoxy groups -OCH3 is 1. The fraction of sp³-hybridized carbons (Fsp3) is 0.542. The number of alkyl carbamates (subject to hydrolysis) is 1. The average molecular weight is 552 g/mol. The van der Waals surface area contributed by atoms with Gasteiger partial charge in [-0.25, -0.2) is 14.6 Å². The third-order valence-electron chi connectivity index (χ3n) is 6.49. The van der Waals surface area contributed by atoms with Gasteiger partial charge in [0.15, 0.2) is 0 Å². The number of carbonyl (C=O) groups excluding carboxylic acids is 3. The molecule has 1 spiro atoms. The van der Waals surface area contributed by atoms with Gasteiger partial charge in [-0.3, -0.25) is 10.2 Å². The molecule has 0 saturated carbocycles. The van der Waals surface area contributed by atoms with Crippen LogP contribution in [0.2, 0.25) is 0 Å². The van der Waals surface area contributed by atoms with Crippen molar-refractivity contribution in [2.45, 2.75) is 45.1 Å². The third kappa shape index (κ3) is 7.11. The summed E-state index contributed by atoms with van der Waals surface area (Å²) >= 11 is 0. The number of ether oxygens (including phenoxy) is 2. The molecular formula is C24H34BrN5O5. The summed E-state index contributed by atoms with van der Waals surface area (Å²) in [6, 6.07) is 6.34. The van der Waals surface area contributed by atoms with E-state index in [2.05, 4.69) is 10.3 Å². The molecule has 35 heavy (non-hydrogen) atoms. The molecule has 1 aromatic carbocycles. The van der Waals surface area contributed by atoms with E-state index >= 15 is 0 Å². The Bertz CT molecular complexity index is 958. The highest BCUT2D eigenvalue weighted by Crippen LogP contribution is 2.41. The van der Waals surface area contributed by atoms with Crippen LogP contribution in [0, 0.1) is 10.8 Å². The predicted molar refractivity (Wildman–Crippen MR) is 137 cm³/mol. The number of rotatable bonds is 9. The Morgan fingerprint density at radius 1 is 1.26 bits per heavy atom. The predicted octanol–water partition coefficient (Wildman–Crippen LogP) is 2.42. The fourth-order valence-electron chi connectivity index (χ4n) is 4.31. The third-order valence-corrected chi connectivity index (χ3v) is 6.49. The number of halogens is 1. The van der Waals surface area contributed by atoms with Crippen LogP contribution in [0.3, 0.4) is 0 Å². The number of unbranched alkanes of at least 4 members (excludes halogenated alkanes) is 1. The zero-order valence-electron chi connectivity index (χ0n) is 20.2. The standard InChI is InChI=1S/C24H33N5O5.BrH/c1-3-4-13-34-23(32)28-19(21(30)33-2)15-29-11-9-24(10-12-29)14-18(27-22(24)31)16-5-7-17(8-6-16)20(25)26;/h5-8,19H,3-4,9-15H2,1-2H3,(H3,25,26)(H,28,32);1H. The first kappa shape index (κ1) is 28.4. The van der Waals surface area contributed by atoms with Crippen LogP contribution >= 0.6 is 17.0 Å². The van der Waals surface area contributed by atoms with Crippen molar-refractivity contribution in [2.24, 2.45) is 16.1 Å². The van der Waals surface area contributed by atoms with E-state index in [0.29, 0.717) is 44.5 Å². The maximum atomic E-state index is 12.9. The molecular weight excluding hydrogens is 518 g/mol. The molecule has 10 nitrogen and oxygen atoms in total. The van der Waals surface area contributed by atoms with Crippen molar-refractivity contribution in [3.8, 4) is 0 Å². The minimum absolute atomic E-state index is 0. The van der Waals surface area contributed by atoms with Gasteiger partial charge in [0.2, 0.25) is 0 Å². The largest absolute Gasteiger partial charge is 0.467 e. The SMILES string of the molecule is Br.CCCCOC(=O)NC(CN1CCC2(CC1)CC(c1ccc(C(=N)N)cc1)=NC2=O)C(=O)OC. The smallest absolute Gasteiger partial charge is 0.407 e. The second-order valence-corrected chi connectivity index (χ2v) is 8.82. The van der Waals surface area contributed by atoms with Gasteiger partial charge in [0.05, 0.1) is 24.8 Å². The van der Waals surface area contributed by atoms with Crippen LogP contribution in [-0.4, -0.2) is 73.8 Å². The Morgan fingerprint density at radius 2 is 1.91 bits per heavy atom. The Morgan fingerprint density at radius 3 is 2.49 bits per heavy atom. The number of nitrogens with one attached hydrogen (secondary N) is 2. The van der Waals surface area contributed by atoms with Crippen molar-refractivity contribution in [1.82, 2.24) is 10.2 Å². The number of nitrogens with two attached hydrogens (primary N) is 1. The molecule has 2 aliphatic heterocycles. The van der Waals surface area contributed by atoms with Crippen molar-refractivity contribution in [3.05, 3.63) is 35.4 Å². The summed E-state index contributed by atoms with van der Waals surface area (Å²) in [4.78, 5) is 43.5. The summed E-state index contributed by atoms with van der Waals surface area (Å²) in [5.74, 6) is -0.655. The van der Waals surface area contributed by atoms with E-state index in [4.69, 9.17) is 20.6 Å². The Hall–Kier alpha value is -2.79. The minimum Gasteiger partial charge on any atom is -0.467 e. The summed E-state index contributed by atoms with van der Waals surface area (Å²) in [6.45, 7) is 3.76. The van der Waals surface area contributed by atoms with Gasteiger partial charge in [-0.1, -0.05) is 37.6 Å². The summed E-state index contributed by atoms with van der Waals surface area (Å²) in [5, 5.41) is 10.1. The van der Waals surface area contributed by atoms with Gasteiger partial charge < -0.3 is 25.4 Å². The number of aliphatic imine (C=N–C) groups is 1. The lowest BCUT2D eigenvalue weighted by Crippen LogP contribution is -2.52. The van der Waals surface area contributed by atoms with E-state index in [9.17, 15) is 14.4 Å². The molecule has 4 N–H and O–H groups in total. The Balaban J connectivity index is 0.00000432. The van der Waals surface area contributed by atoms with Crippen LogP contribution in [0.4, 0.5) is 4.79 Å². The number of nitrogens with zero attached hydrogens (tertiary/aromatic N) is 2. The van der Waals surface area contributed by atoms with Crippen molar-refractivity contribution in [3.63, 3.8) is 0 Å². The van der Waals surface area contributed by atoms with E-state index in [0.717, 1.165) is 24.1 Å². The minimum atomic E-state index is -0.848. The molecule has 1 saturated heterocycles. The summed E-state index contributed by atoms with van der Waals surface area (Å²) in [5.41, 5.74) is 7.20. The average Bonchev–Trinajstić information content (AvgIpc) is 3.15. The highest BCUT2D eigenvalue weighted by molar-refractivity contribution is 8.93. The number of hydrogen-bond donors (Lipinski definition) is 3. The molecule has 3 rings (SSSR count). The first-order valence-electron chi connectivity index (χ1n) is 11.6. The van der Waals surface area contributed by atoms with Gasteiger partial charge in [-0.05, 0) is 37.9 Å². The molecule has 1 unspecified atom stereocenters. The molecule has 1 atom stereocenters. The van der Waals surface area contributed by atoms with Crippen LogP contribution in [0.1, 0.15) is 50.2 Å². The number of hydrogen-bond acceptors (Lipinski definition) is 7. The molecule has 11 heteroatoms. The highest BCUT2D eigenvalue weighted by atomic mass is 79.9. The normalized spacial score (nSPS) is 17.8. The lowest BCUT2D eigenvalue weighted by atomic mass is 9.75. The Labute approximate surface area is 215 Å². The molecule has 192 valence electrons. The quantitative estimate of drug-likeness (QED) is 0.185. The number of amides is 2. The molecule has 2 amide bonds. The van der Waals surface area contributed by atoms with Gasteiger partial charge in [-0.2, -0.15) is 0 Å². The molecule has 0 radical (unpaired) electrons. The lowest BCUT2D eigenvalue weighted by Gasteiger charge is -2.38. The van der Waals surface area contributed by atoms with Gasteiger partial charge in [0, 0.05) is 18.5 Å². The number of benzene rings is 1. The van der Waals surface area contributed by atoms with Crippen LogP contribution in [-0.2, 0) is 19.1 Å².